The molecule has 2 atom stereocenters. The number of nitrogens with two attached hydrogens (primary N) is 1. The molecule has 1 saturated heterocycles. The fraction of sp³-hybridized carbons (Fsp3) is 0.294. The maximum Gasteiger partial charge on any atom is 0.264 e. The highest BCUT2D eigenvalue weighted by Crippen LogP contribution is 2.32. The number of anilines is 2. The Morgan fingerprint density at radius 3 is 2.15 bits per heavy atom. The van der Waals surface area contributed by atoms with Crippen molar-refractivity contribution in [3.8, 4) is 5.75 Å². The second kappa shape index (κ2) is 7.02. The summed E-state index contributed by atoms with van der Waals surface area (Å²) in [5.41, 5.74) is 6.33. The lowest BCUT2D eigenvalue weighted by Crippen LogP contribution is -2.47. The Kier molecular flexibility index (Phi) is 5.06. The molecule has 0 saturated carbocycles. The van der Waals surface area contributed by atoms with Gasteiger partial charge in [-0.25, -0.2) is 16.8 Å². The summed E-state index contributed by atoms with van der Waals surface area (Å²) in [7, 11) is -6.24. The number of sulfonamides is 1. The molecule has 3 rings (SSSR count). The van der Waals surface area contributed by atoms with Crippen molar-refractivity contribution < 1.29 is 26.7 Å². The number of aliphatic hydroxyl groups is 1. The molecule has 0 bridgehead atoms. The summed E-state index contributed by atoms with van der Waals surface area (Å²) in [5.74, 6) is -0.466. The summed E-state index contributed by atoms with van der Waals surface area (Å²) in [6, 6.07) is 10.6. The molecule has 0 aromatic heterocycles. The van der Waals surface area contributed by atoms with Crippen LogP contribution in [0.4, 0.5) is 11.4 Å². The highest BCUT2D eigenvalue weighted by molar-refractivity contribution is 7.93. The van der Waals surface area contributed by atoms with E-state index >= 15 is 0 Å². The molecule has 8 nitrogen and oxygen atoms in total. The van der Waals surface area contributed by atoms with Crippen LogP contribution < -0.4 is 14.8 Å². The number of benzene rings is 2. The molecule has 0 spiro atoms. The Bertz CT molecular complexity index is 1020. The maximum absolute atomic E-state index is 13.3. The van der Waals surface area contributed by atoms with Gasteiger partial charge in [-0.05, 0) is 48.5 Å². The van der Waals surface area contributed by atoms with Crippen molar-refractivity contribution in [3.63, 3.8) is 0 Å². The van der Waals surface area contributed by atoms with Gasteiger partial charge in [0.05, 0.1) is 41.3 Å². The largest absolute Gasteiger partial charge is 0.497 e. The Hall–Kier alpha value is -2.30. The first-order valence-corrected chi connectivity index (χ1v) is 11.3. The van der Waals surface area contributed by atoms with Crippen molar-refractivity contribution in [3.05, 3.63) is 48.5 Å². The van der Waals surface area contributed by atoms with Gasteiger partial charge < -0.3 is 15.6 Å². The van der Waals surface area contributed by atoms with Gasteiger partial charge in [-0.3, -0.25) is 4.31 Å². The molecule has 1 heterocycles. The molecular weight excluding hydrogens is 392 g/mol. The van der Waals surface area contributed by atoms with E-state index in [9.17, 15) is 21.9 Å². The van der Waals surface area contributed by atoms with E-state index < -0.39 is 43.5 Å². The van der Waals surface area contributed by atoms with E-state index in [0.717, 1.165) is 4.31 Å². The van der Waals surface area contributed by atoms with Crippen molar-refractivity contribution in [2.45, 2.75) is 17.0 Å². The smallest absolute Gasteiger partial charge is 0.264 e. The molecule has 10 heteroatoms. The average Bonchev–Trinajstić information content (AvgIpc) is 2.89. The number of sulfone groups is 1. The van der Waals surface area contributed by atoms with Crippen molar-refractivity contribution in [2.75, 3.05) is 28.7 Å². The third kappa shape index (κ3) is 3.87. The summed E-state index contributed by atoms with van der Waals surface area (Å²) in [5, 5.41) is 10.3. The van der Waals surface area contributed by atoms with Crippen LogP contribution in [0.15, 0.2) is 53.4 Å². The lowest BCUT2D eigenvalue weighted by molar-refractivity contribution is 0.184. The molecule has 1 fully saturated rings. The number of nitrogen functional groups attached to an aromatic ring is 1. The lowest BCUT2D eigenvalue weighted by atomic mass is 10.2. The molecule has 27 heavy (non-hydrogen) atoms. The molecule has 0 amide bonds. The molecule has 0 unspecified atom stereocenters. The highest BCUT2D eigenvalue weighted by atomic mass is 32.2. The van der Waals surface area contributed by atoms with Gasteiger partial charge in [0.25, 0.3) is 10.0 Å². The molecular formula is C17H20N2O6S2. The van der Waals surface area contributed by atoms with Gasteiger partial charge in [-0.15, -0.1) is 0 Å². The van der Waals surface area contributed by atoms with Crippen molar-refractivity contribution in [2.24, 2.45) is 0 Å². The van der Waals surface area contributed by atoms with E-state index in [0.29, 0.717) is 11.4 Å². The van der Waals surface area contributed by atoms with E-state index in [1.54, 1.807) is 0 Å². The molecule has 0 radical (unpaired) electrons. The fourth-order valence-electron chi connectivity index (χ4n) is 3.03. The van der Waals surface area contributed by atoms with Gasteiger partial charge >= 0.3 is 0 Å². The second-order valence-corrected chi connectivity index (χ2v) is 10.2. The number of hydrogen-bond acceptors (Lipinski definition) is 7. The SMILES string of the molecule is COc1ccc(S(=O)(=O)N(c2ccc(N)cc2)[C@H]2CS(=O)(=O)C[C@H]2O)cc1. The molecule has 146 valence electrons. The Morgan fingerprint density at radius 2 is 1.67 bits per heavy atom. The van der Waals surface area contributed by atoms with Crippen LogP contribution in [0, 0.1) is 0 Å². The predicted molar refractivity (Wildman–Crippen MR) is 102 cm³/mol. The van der Waals surface area contributed by atoms with Crippen LogP contribution in [0.3, 0.4) is 0 Å². The number of methoxy groups -OCH3 is 1. The lowest BCUT2D eigenvalue weighted by Gasteiger charge is -2.31. The summed E-state index contributed by atoms with van der Waals surface area (Å²) in [4.78, 5) is -0.0448. The zero-order chi connectivity index (χ0) is 19.8. The Balaban J connectivity index is 2.12. The van der Waals surface area contributed by atoms with E-state index in [2.05, 4.69) is 0 Å². The number of rotatable bonds is 5. The van der Waals surface area contributed by atoms with Crippen LogP contribution in [0.25, 0.3) is 0 Å². The Morgan fingerprint density at radius 1 is 1.07 bits per heavy atom. The zero-order valence-electron chi connectivity index (χ0n) is 14.5. The Labute approximate surface area is 158 Å². The minimum Gasteiger partial charge on any atom is -0.497 e. The second-order valence-electron chi connectivity index (χ2n) is 6.28. The average molecular weight is 412 g/mol. The zero-order valence-corrected chi connectivity index (χ0v) is 16.2. The molecule has 1 aliphatic rings. The summed E-state index contributed by atoms with van der Waals surface area (Å²) < 4.78 is 56.6. The molecule has 2 aromatic carbocycles. The standard InChI is InChI=1S/C17H20N2O6S2/c1-25-14-6-8-15(9-7-14)27(23,24)19(13-4-2-12(18)3-5-13)16-10-26(21,22)11-17(16)20/h2-9,16-17,20H,10-11,18H2,1H3/t16-,17+/m0/s1. The molecule has 1 aliphatic heterocycles. The van der Waals surface area contributed by atoms with Crippen LogP contribution in [-0.4, -0.2) is 52.7 Å². The van der Waals surface area contributed by atoms with E-state index in [1.807, 2.05) is 0 Å². The predicted octanol–water partition coefficient (Wildman–Crippen LogP) is 0.631. The van der Waals surface area contributed by atoms with Crippen LogP contribution in [0.2, 0.25) is 0 Å². The van der Waals surface area contributed by atoms with Crippen LogP contribution in [-0.2, 0) is 19.9 Å². The summed E-state index contributed by atoms with van der Waals surface area (Å²) in [6.45, 7) is 0. The first-order valence-electron chi connectivity index (χ1n) is 8.06. The quantitative estimate of drug-likeness (QED) is 0.690. The third-order valence-corrected chi connectivity index (χ3v) is 7.92. The van der Waals surface area contributed by atoms with Crippen molar-refractivity contribution in [1.29, 1.82) is 0 Å². The number of hydrogen-bond donors (Lipinski definition) is 2. The minimum absolute atomic E-state index is 0.0448. The minimum atomic E-state index is -4.15. The first-order chi connectivity index (χ1) is 12.6. The first kappa shape index (κ1) is 19.5. The van der Waals surface area contributed by atoms with Gasteiger partial charge in [-0.2, -0.15) is 0 Å². The van der Waals surface area contributed by atoms with E-state index in [4.69, 9.17) is 10.5 Å². The van der Waals surface area contributed by atoms with Crippen LogP contribution in [0.1, 0.15) is 0 Å². The van der Waals surface area contributed by atoms with Gasteiger partial charge in [-0.1, -0.05) is 0 Å². The van der Waals surface area contributed by atoms with Crippen molar-refractivity contribution >= 4 is 31.2 Å². The topological polar surface area (TPSA) is 127 Å². The number of aliphatic hydroxyl groups excluding tert-OH is 1. The third-order valence-electron chi connectivity index (χ3n) is 4.36. The normalized spacial score (nSPS) is 21.7. The number of ether oxygens (including phenoxy) is 1. The van der Waals surface area contributed by atoms with Gasteiger partial charge in [0.2, 0.25) is 0 Å². The van der Waals surface area contributed by atoms with E-state index in [-0.39, 0.29) is 10.6 Å². The van der Waals surface area contributed by atoms with Gasteiger partial charge in [0.15, 0.2) is 9.84 Å². The van der Waals surface area contributed by atoms with E-state index in [1.165, 1.54) is 55.6 Å². The molecule has 3 N–H and O–H groups in total. The van der Waals surface area contributed by atoms with Crippen LogP contribution >= 0.6 is 0 Å². The monoisotopic (exact) mass is 412 g/mol. The van der Waals surface area contributed by atoms with Crippen LogP contribution in [0.5, 0.6) is 5.75 Å². The molecule has 2 aromatic rings. The maximum atomic E-state index is 13.3. The summed E-state index contributed by atoms with van der Waals surface area (Å²) in [6.07, 6.45) is -1.33. The van der Waals surface area contributed by atoms with Gasteiger partial charge in [0.1, 0.15) is 5.75 Å². The number of nitrogens with zero attached hydrogens (tertiary/aromatic N) is 1. The molecule has 0 aliphatic carbocycles. The van der Waals surface area contributed by atoms with Crippen molar-refractivity contribution in [1.82, 2.24) is 0 Å². The summed E-state index contributed by atoms with van der Waals surface area (Å²) >= 11 is 0. The highest BCUT2D eigenvalue weighted by Gasteiger charge is 2.45. The fourth-order valence-corrected chi connectivity index (χ4v) is 6.57. The van der Waals surface area contributed by atoms with Gasteiger partial charge in [0, 0.05) is 5.69 Å².